The van der Waals surface area contributed by atoms with Gasteiger partial charge >= 0.3 is 0 Å². The number of amides is 1. The third-order valence-corrected chi connectivity index (χ3v) is 3.59. The largest absolute Gasteiger partial charge is 0.352 e. The first-order valence-corrected chi connectivity index (χ1v) is 7.77. The molecule has 0 spiro atoms. The Morgan fingerprint density at radius 2 is 2.00 bits per heavy atom. The topological polar surface area (TPSA) is 59.0 Å². The highest BCUT2D eigenvalue weighted by Crippen LogP contribution is 2.12. The number of hydrogen-bond donors (Lipinski definition) is 2. The molecular formula is C17H24N4O. The minimum atomic E-state index is -0.0349. The second kappa shape index (κ2) is 8.34. The molecular weight excluding hydrogens is 276 g/mol. The summed E-state index contributed by atoms with van der Waals surface area (Å²) < 4.78 is 1.91. The molecule has 0 aliphatic carbocycles. The summed E-state index contributed by atoms with van der Waals surface area (Å²) in [6.45, 7) is 4.31. The van der Waals surface area contributed by atoms with Crippen LogP contribution in [0.3, 0.4) is 0 Å². The van der Waals surface area contributed by atoms with Crippen molar-refractivity contribution in [2.24, 2.45) is 0 Å². The van der Waals surface area contributed by atoms with Gasteiger partial charge in [0.15, 0.2) is 0 Å². The zero-order chi connectivity index (χ0) is 15.8. The van der Waals surface area contributed by atoms with Crippen molar-refractivity contribution in [3.8, 4) is 0 Å². The van der Waals surface area contributed by atoms with E-state index in [9.17, 15) is 4.79 Å². The minimum absolute atomic E-state index is 0.0349. The Morgan fingerprint density at radius 3 is 2.68 bits per heavy atom. The lowest BCUT2D eigenvalue weighted by Crippen LogP contribution is -2.27. The van der Waals surface area contributed by atoms with Gasteiger partial charge in [-0.2, -0.15) is 5.10 Å². The fourth-order valence-electron chi connectivity index (χ4n) is 2.43. The normalized spacial score (nSPS) is 10.6. The highest BCUT2D eigenvalue weighted by atomic mass is 16.1. The predicted octanol–water partition coefficient (Wildman–Crippen LogP) is 1.83. The molecule has 0 fully saturated rings. The fourth-order valence-corrected chi connectivity index (χ4v) is 2.43. The van der Waals surface area contributed by atoms with Crippen LogP contribution in [0.15, 0.2) is 36.5 Å². The average Bonchev–Trinajstić information content (AvgIpc) is 2.95. The summed E-state index contributed by atoms with van der Waals surface area (Å²) in [5.74, 6) is -0.0349. The number of carbonyl (C=O) groups excluding carboxylic acids is 1. The van der Waals surface area contributed by atoms with E-state index >= 15 is 0 Å². The smallest absolute Gasteiger partial charge is 0.254 e. The van der Waals surface area contributed by atoms with Crippen LogP contribution in [0.25, 0.3) is 0 Å². The number of rotatable bonds is 8. The molecule has 0 radical (unpaired) electrons. The molecule has 5 nitrogen and oxygen atoms in total. The van der Waals surface area contributed by atoms with Crippen LogP contribution in [0.4, 0.5) is 0 Å². The molecule has 5 heteroatoms. The van der Waals surface area contributed by atoms with E-state index in [0.717, 1.165) is 25.1 Å². The van der Waals surface area contributed by atoms with Gasteiger partial charge in [-0.05, 0) is 32.0 Å². The lowest BCUT2D eigenvalue weighted by molar-refractivity contribution is 0.0952. The molecule has 1 aromatic carbocycles. The molecule has 118 valence electrons. The molecule has 2 rings (SSSR count). The van der Waals surface area contributed by atoms with Crippen molar-refractivity contribution in [3.63, 3.8) is 0 Å². The average molecular weight is 300 g/mol. The van der Waals surface area contributed by atoms with Crippen molar-refractivity contribution in [2.45, 2.75) is 26.3 Å². The van der Waals surface area contributed by atoms with Crippen LogP contribution in [0, 0.1) is 0 Å². The molecule has 2 aromatic rings. The first-order chi connectivity index (χ1) is 10.8. The van der Waals surface area contributed by atoms with Crippen LogP contribution in [-0.4, -0.2) is 35.8 Å². The predicted molar refractivity (Wildman–Crippen MR) is 88.0 cm³/mol. The van der Waals surface area contributed by atoms with Crippen LogP contribution in [0.2, 0.25) is 0 Å². The molecule has 0 saturated heterocycles. The van der Waals surface area contributed by atoms with Gasteiger partial charge in [0.25, 0.3) is 5.91 Å². The maximum atomic E-state index is 12.3. The van der Waals surface area contributed by atoms with E-state index in [2.05, 4.69) is 34.8 Å². The van der Waals surface area contributed by atoms with Gasteiger partial charge in [0.05, 0.1) is 24.0 Å². The summed E-state index contributed by atoms with van der Waals surface area (Å²) in [5, 5.41) is 10.4. The van der Waals surface area contributed by atoms with Gasteiger partial charge in [0, 0.05) is 6.54 Å². The van der Waals surface area contributed by atoms with Crippen molar-refractivity contribution in [2.75, 3.05) is 20.1 Å². The highest BCUT2D eigenvalue weighted by molar-refractivity contribution is 5.95. The van der Waals surface area contributed by atoms with E-state index in [1.807, 2.05) is 29.9 Å². The summed E-state index contributed by atoms with van der Waals surface area (Å²) in [6, 6.07) is 10.2. The minimum Gasteiger partial charge on any atom is -0.352 e. The van der Waals surface area contributed by atoms with Gasteiger partial charge < -0.3 is 10.6 Å². The number of benzene rings is 1. The van der Waals surface area contributed by atoms with Crippen molar-refractivity contribution < 1.29 is 4.79 Å². The van der Waals surface area contributed by atoms with E-state index in [1.54, 1.807) is 6.20 Å². The Kier molecular flexibility index (Phi) is 6.15. The number of aromatic nitrogens is 2. The summed E-state index contributed by atoms with van der Waals surface area (Å²) in [7, 11) is 1.91. The second-order valence-electron chi connectivity index (χ2n) is 5.21. The van der Waals surface area contributed by atoms with Gasteiger partial charge in [-0.3, -0.25) is 9.48 Å². The fraction of sp³-hybridized carbons (Fsp3) is 0.412. The van der Waals surface area contributed by atoms with Crippen molar-refractivity contribution in [1.29, 1.82) is 0 Å². The molecule has 1 amide bonds. The molecule has 1 heterocycles. The van der Waals surface area contributed by atoms with Crippen LogP contribution in [-0.2, 0) is 13.0 Å². The Bertz CT molecular complexity index is 592. The van der Waals surface area contributed by atoms with Gasteiger partial charge in [-0.25, -0.2) is 0 Å². The van der Waals surface area contributed by atoms with E-state index < -0.39 is 0 Å². The zero-order valence-electron chi connectivity index (χ0n) is 13.3. The maximum Gasteiger partial charge on any atom is 0.254 e. The number of carbonyl (C=O) groups is 1. The third kappa shape index (κ3) is 4.18. The quantitative estimate of drug-likeness (QED) is 0.731. The van der Waals surface area contributed by atoms with Crippen LogP contribution in [0.1, 0.15) is 35.0 Å². The van der Waals surface area contributed by atoms with E-state index in [4.69, 9.17) is 0 Å². The summed E-state index contributed by atoms with van der Waals surface area (Å²) >= 11 is 0. The van der Waals surface area contributed by atoms with Crippen LogP contribution in [0.5, 0.6) is 0 Å². The van der Waals surface area contributed by atoms with Gasteiger partial charge in [0.2, 0.25) is 0 Å². The highest BCUT2D eigenvalue weighted by Gasteiger charge is 2.15. The van der Waals surface area contributed by atoms with Crippen molar-refractivity contribution >= 4 is 5.91 Å². The van der Waals surface area contributed by atoms with Gasteiger partial charge in [-0.1, -0.05) is 37.3 Å². The summed E-state index contributed by atoms with van der Waals surface area (Å²) in [5.41, 5.74) is 2.85. The third-order valence-electron chi connectivity index (χ3n) is 3.59. The number of hydrogen-bond acceptors (Lipinski definition) is 3. The zero-order valence-corrected chi connectivity index (χ0v) is 13.3. The molecule has 1 aromatic heterocycles. The maximum absolute atomic E-state index is 12.3. The van der Waals surface area contributed by atoms with Crippen LogP contribution >= 0.6 is 0 Å². The Balaban J connectivity index is 2.05. The van der Waals surface area contributed by atoms with E-state index in [-0.39, 0.29) is 5.91 Å². The molecule has 0 aliphatic heterocycles. The van der Waals surface area contributed by atoms with Crippen molar-refractivity contribution in [1.82, 2.24) is 20.4 Å². The molecule has 22 heavy (non-hydrogen) atoms. The summed E-state index contributed by atoms with van der Waals surface area (Å²) in [4.78, 5) is 12.3. The van der Waals surface area contributed by atoms with Crippen molar-refractivity contribution in [3.05, 3.63) is 53.3 Å². The SMILES string of the molecule is CCc1c(C(=O)NCCCNC)cnn1Cc1ccccc1. The Labute approximate surface area is 131 Å². The van der Waals surface area contributed by atoms with Gasteiger partial charge in [0.1, 0.15) is 0 Å². The van der Waals surface area contributed by atoms with E-state index in [0.29, 0.717) is 18.7 Å². The Hall–Kier alpha value is -2.14. The van der Waals surface area contributed by atoms with E-state index in [1.165, 1.54) is 5.56 Å². The molecule has 0 unspecified atom stereocenters. The molecule has 0 saturated carbocycles. The van der Waals surface area contributed by atoms with Gasteiger partial charge in [-0.15, -0.1) is 0 Å². The monoisotopic (exact) mass is 300 g/mol. The molecule has 0 bridgehead atoms. The first kappa shape index (κ1) is 16.2. The summed E-state index contributed by atoms with van der Waals surface area (Å²) in [6.07, 6.45) is 3.38. The number of nitrogens with one attached hydrogen (secondary N) is 2. The standard InChI is InChI=1S/C17H24N4O/c1-3-16-15(17(22)19-11-7-10-18-2)12-20-21(16)13-14-8-5-4-6-9-14/h4-6,8-9,12,18H,3,7,10-11,13H2,1-2H3,(H,19,22). The lowest BCUT2D eigenvalue weighted by atomic mass is 10.1. The Morgan fingerprint density at radius 1 is 1.23 bits per heavy atom. The number of nitrogens with zero attached hydrogens (tertiary/aromatic N) is 2. The molecule has 2 N–H and O–H groups in total. The molecule has 0 atom stereocenters. The molecule has 0 aliphatic rings. The second-order valence-corrected chi connectivity index (χ2v) is 5.21. The first-order valence-electron chi connectivity index (χ1n) is 7.77. The van der Waals surface area contributed by atoms with Crippen LogP contribution < -0.4 is 10.6 Å². The lowest BCUT2D eigenvalue weighted by Gasteiger charge is -2.09.